The molecule has 1 aromatic heterocycles. The van der Waals surface area contributed by atoms with Gasteiger partial charge in [-0.05, 0) is 59.0 Å². The van der Waals surface area contributed by atoms with Gasteiger partial charge in [0.2, 0.25) is 0 Å². The van der Waals surface area contributed by atoms with Gasteiger partial charge in [-0.3, -0.25) is 4.79 Å². The Hall–Kier alpha value is -4.97. The monoisotopic (exact) mass is 530 g/mol. The van der Waals surface area contributed by atoms with E-state index in [-0.39, 0.29) is 18.1 Å². The third kappa shape index (κ3) is 6.53. The first kappa shape index (κ1) is 26.6. The quantitative estimate of drug-likeness (QED) is 0.205. The molecule has 0 unspecified atom stereocenters. The maximum atomic E-state index is 12.9. The number of benzene rings is 4. The number of aromatic nitrogens is 2. The van der Waals surface area contributed by atoms with Gasteiger partial charge in [0.25, 0.3) is 5.56 Å². The van der Waals surface area contributed by atoms with Crippen LogP contribution in [0, 0.1) is 0 Å². The van der Waals surface area contributed by atoms with Gasteiger partial charge in [0.15, 0.2) is 6.61 Å². The Labute approximate surface area is 233 Å². The van der Waals surface area contributed by atoms with Gasteiger partial charge in [-0.2, -0.15) is 5.10 Å². The predicted molar refractivity (Wildman–Crippen MR) is 155 cm³/mol. The van der Waals surface area contributed by atoms with E-state index in [2.05, 4.69) is 24.3 Å². The molecule has 40 heavy (non-hydrogen) atoms. The van der Waals surface area contributed by atoms with Crippen molar-refractivity contribution in [2.24, 2.45) is 0 Å². The van der Waals surface area contributed by atoms with Crippen molar-refractivity contribution in [3.05, 3.63) is 154 Å². The summed E-state index contributed by atoms with van der Waals surface area (Å²) < 4.78 is 12.1. The first-order valence-corrected chi connectivity index (χ1v) is 13.3. The fraction of sp³-hybridized carbons (Fsp3) is 0.147. The second kappa shape index (κ2) is 12.7. The number of ether oxygens (including phenoxy) is 2. The lowest BCUT2D eigenvalue weighted by atomic mass is 9.88. The molecule has 0 saturated carbocycles. The Kier molecular flexibility index (Phi) is 8.47. The Morgan fingerprint density at radius 2 is 1.43 bits per heavy atom. The van der Waals surface area contributed by atoms with Crippen molar-refractivity contribution in [1.29, 1.82) is 0 Å². The van der Waals surface area contributed by atoms with Gasteiger partial charge in [0.1, 0.15) is 5.75 Å². The molecule has 0 atom stereocenters. The molecule has 6 heteroatoms. The second-order valence-corrected chi connectivity index (χ2v) is 9.33. The molecule has 0 spiro atoms. The number of esters is 1. The standard InChI is InChI=1S/C34H30N2O4/c1-2-39-33(38)24-40-30-18-10-17-29(22-30)28-16-9-11-25(21-28)23-36-32(37)20-19-31(35-36)34(26-12-5-3-6-13-26)27-14-7-4-8-15-27/h3-22,34H,2,23-24H2,1H3. The summed E-state index contributed by atoms with van der Waals surface area (Å²) in [6.07, 6.45) is 0. The molecule has 1 heterocycles. The maximum Gasteiger partial charge on any atom is 0.344 e. The van der Waals surface area contributed by atoms with E-state index in [1.54, 1.807) is 19.1 Å². The van der Waals surface area contributed by atoms with E-state index in [1.807, 2.05) is 84.9 Å². The minimum absolute atomic E-state index is 0.0991. The van der Waals surface area contributed by atoms with Crippen LogP contribution in [-0.4, -0.2) is 29.0 Å². The summed E-state index contributed by atoms with van der Waals surface area (Å²) in [6, 6.07) is 39.3. The zero-order valence-electron chi connectivity index (χ0n) is 22.3. The molecule has 0 aliphatic rings. The third-order valence-electron chi connectivity index (χ3n) is 6.54. The lowest BCUT2D eigenvalue weighted by Crippen LogP contribution is -2.25. The zero-order chi connectivity index (χ0) is 27.7. The summed E-state index contributed by atoms with van der Waals surface area (Å²) in [5, 5.41) is 4.83. The fourth-order valence-electron chi connectivity index (χ4n) is 4.69. The van der Waals surface area contributed by atoms with Crippen molar-refractivity contribution >= 4 is 5.97 Å². The van der Waals surface area contributed by atoms with Crippen LogP contribution in [0.1, 0.15) is 35.2 Å². The van der Waals surface area contributed by atoms with E-state index in [9.17, 15) is 9.59 Å². The normalized spacial score (nSPS) is 10.8. The van der Waals surface area contributed by atoms with Gasteiger partial charge in [-0.15, -0.1) is 0 Å². The molecule has 5 aromatic rings. The van der Waals surface area contributed by atoms with Crippen molar-refractivity contribution in [2.45, 2.75) is 19.4 Å². The highest BCUT2D eigenvalue weighted by molar-refractivity contribution is 5.71. The lowest BCUT2D eigenvalue weighted by Gasteiger charge is -2.19. The Balaban J connectivity index is 1.41. The largest absolute Gasteiger partial charge is 0.482 e. The van der Waals surface area contributed by atoms with E-state index in [1.165, 1.54) is 4.68 Å². The van der Waals surface area contributed by atoms with Crippen LogP contribution in [0.4, 0.5) is 0 Å². The van der Waals surface area contributed by atoms with Crippen LogP contribution < -0.4 is 10.3 Å². The molecule has 0 fully saturated rings. The van der Waals surface area contributed by atoms with Gasteiger partial charge < -0.3 is 9.47 Å². The molecular weight excluding hydrogens is 500 g/mol. The van der Waals surface area contributed by atoms with E-state index < -0.39 is 5.97 Å². The maximum absolute atomic E-state index is 12.9. The van der Waals surface area contributed by atoms with Crippen LogP contribution in [0.2, 0.25) is 0 Å². The van der Waals surface area contributed by atoms with E-state index >= 15 is 0 Å². The number of carbonyl (C=O) groups excluding carboxylic acids is 1. The number of rotatable bonds is 10. The average molecular weight is 531 g/mol. The van der Waals surface area contributed by atoms with Crippen LogP contribution in [0.25, 0.3) is 11.1 Å². The Morgan fingerprint density at radius 1 is 0.775 bits per heavy atom. The minimum atomic E-state index is -0.406. The van der Waals surface area contributed by atoms with Crippen molar-refractivity contribution in [2.75, 3.05) is 13.2 Å². The van der Waals surface area contributed by atoms with Gasteiger partial charge in [0.05, 0.1) is 24.8 Å². The number of nitrogens with zero attached hydrogens (tertiary/aromatic N) is 2. The molecule has 0 amide bonds. The average Bonchev–Trinajstić information content (AvgIpc) is 2.99. The molecule has 5 rings (SSSR count). The van der Waals surface area contributed by atoms with Crippen molar-refractivity contribution in [3.63, 3.8) is 0 Å². The topological polar surface area (TPSA) is 70.4 Å². The lowest BCUT2D eigenvalue weighted by molar-refractivity contribution is -0.145. The molecule has 0 bridgehead atoms. The third-order valence-corrected chi connectivity index (χ3v) is 6.54. The van der Waals surface area contributed by atoms with Gasteiger partial charge >= 0.3 is 5.97 Å². The second-order valence-electron chi connectivity index (χ2n) is 9.33. The smallest absolute Gasteiger partial charge is 0.344 e. The number of carbonyl (C=O) groups is 1. The molecule has 0 saturated heterocycles. The molecule has 0 aliphatic heterocycles. The van der Waals surface area contributed by atoms with E-state index in [0.717, 1.165) is 33.5 Å². The Morgan fingerprint density at radius 3 is 2.10 bits per heavy atom. The van der Waals surface area contributed by atoms with Crippen molar-refractivity contribution in [1.82, 2.24) is 9.78 Å². The highest BCUT2D eigenvalue weighted by Crippen LogP contribution is 2.30. The first-order chi connectivity index (χ1) is 19.6. The van der Waals surface area contributed by atoms with Gasteiger partial charge in [-0.25, -0.2) is 9.48 Å². The summed E-state index contributed by atoms with van der Waals surface area (Å²) in [6.45, 7) is 2.26. The molecule has 4 aromatic carbocycles. The molecule has 0 aliphatic carbocycles. The van der Waals surface area contributed by atoms with Crippen LogP contribution in [-0.2, 0) is 16.1 Å². The van der Waals surface area contributed by atoms with E-state index in [0.29, 0.717) is 18.9 Å². The van der Waals surface area contributed by atoms with Gasteiger partial charge in [-0.1, -0.05) is 91.0 Å². The summed E-state index contributed by atoms with van der Waals surface area (Å²) >= 11 is 0. The highest BCUT2D eigenvalue weighted by atomic mass is 16.6. The highest BCUT2D eigenvalue weighted by Gasteiger charge is 2.19. The number of hydrogen-bond acceptors (Lipinski definition) is 5. The van der Waals surface area contributed by atoms with Crippen molar-refractivity contribution < 1.29 is 14.3 Å². The Bertz CT molecular complexity index is 1590. The van der Waals surface area contributed by atoms with Crippen LogP contribution in [0.3, 0.4) is 0 Å². The summed E-state index contributed by atoms with van der Waals surface area (Å²) in [4.78, 5) is 24.6. The summed E-state index contributed by atoms with van der Waals surface area (Å²) in [5.41, 5.74) is 5.71. The van der Waals surface area contributed by atoms with Crippen LogP contribution in [0.15, 0.2) is 126 Å². The molecule has 200 valence electrons. The van der Waals surface area contributed by atoms with E-state index in [4.69, 9.17) is 14.6 Å². The SMILES string of the molecule is CCOC(=O)COc1cccc(-c2cccc(Cn3nc(C(c4ccccc4)c4ccccc4)ccc3=O)c2)c1. The van der Waals surface area contributed by atoms with Crippen LogP contribution in [0.5, 0.6) is 5.75 Å². The number of hydrogen-bond donors (Lipinski definition) is 0. The zero-order valence-corrected chi connectivity index (χ0v) is 22.3. The van der Waals surface area contributed by atoms with Gasteiger partial charge in [0, 0.05) is 6.07 Å². The van der Waals surface area contributed by atoms with Crippen molar-refractivity contribution in [3.8, 4) is 16.9 Å². The van der Waals surface area contributed by atoms with Crippen LogP contribution >= 0.6 is 0 Å². The molecule has 0 radical (unpaired) electrons. The fourth-order valence-corrected chi connectivity index (χ4v) is 4.69. The molecular formula is C34H30N2O4. The first-order valence-electron chi connectivity index (χ1n) is 13.3. The molecule has 6 nitrogen and oxygen atoms in total. The predicted octanol–water partition coefficient (Wildman–Crippen LogP) is 6.08. The molecule has 0 N–H and O–H groups in total. The minimum Gasteiger partial charge on any atom is -0.482 e. The summed E-state index contributed by atoms with van der Waals surface area (Å²) in [7, 11) is 0. The summed E-state index contributed by atoms with van der Waals surface area (Å²) in [5.74, 6) is 0.0733.